The van der Waals surface area contributed by atoms with E-state index in [9.17, 15) is 0 Å². The molecule has 6 aromatic carbocycles. The minimum absolute atomic E-state index is 0.102. The Bertz CT molecular complexity index is 1860. The SMILES string of the molecule is CC(C)(C)Oc1ccc([S+](c2ccccc2)c2ccc(OC(C)(C)C)cc2)cc1.CC(C)(C)Oc1ccc([S+](c2ccccc2)c2ccccc2)cc1. The van der Waals surface area contributed by atoms with Gasteiger partial charge in [0, 0.05) is 0 Å². The third kappa shape index (κ3) is 12.5. The Kier molecular flexibility index (Phi) is 13.1. The highest BCUT2D eigenvalue weighted by atomic mass is 32.2. The summed E-state index contributed by atoms with van der Waals surface area (Å²) in [6.07, 6.45) is 0. The quantitative estimate of drug-likeness (QED) is 0.138. The highest BCUT2D eigenvalue weighted by molar-refractivity contribution is 7.97. The minimum atomic E-state index is -0.203. The molecule has 0 aliphatic carbocycles. The van der Waals surface area contributed by atoms with Gasteiger partial charge < -0.3 is 14.2 Å². The summed E-state index contributed by atoms with van der Waals surface area (Å²) in [6.45, 7) is 18.6. The van der Waals surface area contributed by atoms with E-state index in [1.807, 2.05) is 0 Å². The fraction of sp³-hybridized carbons (Fsp3) is 0.250. The third-order valence-electron chi connectivity index (χ3n) is 7.39. The molecule has 0 radical (unpaired) electrons. The normalized spacial score (nSPS) is 11.8. The molecule has 0 aliphatic rings. The van der Waals surface area contributed by atoms with E-state index in [0.717, 1.165) is 17.2 Å². The van der Waals surface area contributed by atoms with Crippen molar-refractivity contribution < 1.29 is 14.2 Å². The minimum Gasteiger partial charge on any atom is -0.488 e. The second kappa shape index (κ2) is 17.5. The third-order valence-corrected chi connectivity index (χ3v) is 11.8. The molecule has 0 spiro atoms. The summed E-state index contributed by atoms with van der Waals surface area (Å²) in [6, 6.07) is 57.5. The van der Waals surface area contributed by atoms with Crippen LogP contribution in [0.15, 0.2) is 193 Å². The van der Waals surface area contributed by atoms with Crippen molar-refractivity contribution in [3.8, 4) is 17.2 Å². The number of hydrogen-bond donors (Lipinski definition) is 0. The van der Waals surface area contributed by atoms with Gasteiger partial charge in [0.25, 0.3) is 0 Å². The maximum Gasteiger partial charge on any atom is 0.166 e. The largest absolute Gasteiger partial charge is 0.488 e. The van der Waals surface area contributed by atoms with Gasteiger partial charge >= 0.3 is 0 Å². The van der Waals surface area contributed by atoms with E-state index in [1.54, 1.807) is 0 Å². The maximum atomic E-state index is 6.00. The molecule has 53 heavy (non-hydrogen) atoms. The summed E-state index contributed by atoms with van der Waals surface area (Å²) in [4.78, 5) is 7.78. The molecule has 0 N–H and O–H groups in total. The van der Waals surface area contributed by atoms with Crippen molar-refractivity contribution in [1.29, 1.82) is 0 Å². The first-order chi connectivity index (χ1) is 25.1. The smallest absolute Gasteiger partial charge is 0.166 e. The Morgan fingerprint density at radius 1 is 0.264 bits per heavy atom. The molecule has 0 amide bonds. The number of benzene rings is 6. The van der Waals surface area contributed by atoms with Gasteiger partial charge in [-0.2, -0.15) is 0 Å². The lowest BCUT2D eigenvalue weighted by atomic mass is 10.2. The highest BCUT2D eigenvalue weighted by Crippen LogP contribution is 2.35. The number of hydrogen-bond acceptors (Lipinski definition) is 3. The van der Waals surface area contributed by atoms with Crippen molar-refractivity contribution in [3.05, 3.63) is 164 Å². The fourth-order valence-corrected chi connectivity index (χ4v) is 9.62. The zero-order chi connectivity index (χ0) is 38.1. The van der Waals surface area contributed by atoms with Gasteiger partial charge in [0.2, 0.25) is 0 Å². The molecule has 0 saturated heterocycles. The number of rotatable bonds is 9. The molecule has 274 valence electrons. The second-order valence-corrected chi connectivity index (χ2v) is 19.7. The van der Waals surface area contributed by atoms with Gasteiger partial charge in [-0.05, 0) is 172 Å². The van der Waals surface area contributed by atoms with E-state index in [0.29, 0.717) is 0 Å². The molecule has 6 rings (SSSR count). The molecular formula is C48H54O3S2+2. The first kappa shape index (κ1) is 39.6. The lowest BCUT2D eigenvalue weighted by molar-refractivity contribution is 0.130. The Labute approximate surface area is 324 Å². The fourth-order valence-electron chi connectivity index (χ4n) is 5.48. The van der Waals surface area contributed by atoms with E-state index in [2.05, 4.69) is 226 Å². The van der Waals surface area contributed by atoms with Crippen LogP contribution in [0.4, 0.5) is 0 Å². The van der Waals surface area contributed by atoms with Crippen molar-refractivity contribution in [2.75, 3.05) is 0 Å². The van der Waals surface area contributed by atoms with Crippen LogP contribution < -0.4 is 14.2 Å². The summed E-state index contributed by atoms with van der Waals surface area (Å²) in [7, 11) is -0.290. The summed E-state index contributed by atoms with van der Waals surface area (Å²) >= 11 is 0. The van der Waals surface area contributed by atoms with Crippen molar-refractivity contribution in [2.24, 2.45) is 0 Å². The average Bonchev–Trinajstić information content (AvgIpc) is 3.11. The van der Waals surface area contributed by atoms with Gasteiger partial charge in [0.05, 0.1) is 21.8 Å². The van der Waals surface area contributed by atoms with Crippen molar-refractivity contribution >= 4 is 21.8 Å². The molecule has 0 fully saturated rings. The molecule has 3 nitrogen and oxygen atoms in total. The zero-order valence-electron chi connectivity index (χ0n) is 32.6. The Morgan fingerprint density at radius 2 is 0.453 bits per heavy atom. The van der Waals surface area contributed by atoms with Crippen LogP contribution in [0.1, 0.15) is 62.3 Å². The van der Waals surface area contributed by atoms with Gasteiger partial charge in [0.15, 0.2) is 29.4 Å². The molecular weight excluding hydrogens is 689 g/mol. The summed E-state index contributed by atoms with van der Waals surface area (Å²) in [5.74, 6) is 2.70. The first-order valence-corrected chi connectivity index (χ1v) is 20.6. The van der Waals surface area contributed by atoms with E-state index >= 15 is 0 Å². The van der Waals surface area contributed by atoms with Gasteiger partial charge in [0.1, 0.15) is 34.1 Å². The second-order valence-electron chi connectivity index (χ2n) is 15.6. The Balaban J connectivity index is 0.000000208. The van der Waals surface area contributed by atoms with Crippen LogP contribution in [0.3, 0.4) is 0 Å². The predicted molar refractivity (Wildman–Crippen MR) is 224 cm³/mol. The van der Waals surface area contributed by atoms with Crippen LogP contribution in [0, 0.1) is 0 Å². The Hall–Kier alpha value is -4.58. The van der Waals surface area contributed by atoms with Crippen LogP contribution in [0.2, 0.25) is 0 Å². The molecule has 6 aromatic rings. The van der Waals surface area contributed by atoms with Crippen molar-refractivity contribution in [1.82, 2.24) is 0 Å². The van der Waals surface area contributed by atoms with Gasteiger partial charge in [-0.3, -0.25) is 0 Å². The van der Waals surface area contributed by atoms with Crippen molar-refractivity contribution in [2.45, 2.75) is 108 Å². The predicted octanol–water partition coefficient (Wildman–Crippen LogP) is 13.1. The van der Waals surface area contributed by atoms with Crippen LogP contribution in [0.25, 0.3) is 0 Å². The number of ether oxygens (including phenoxy) is 3. The van der Waals surface area contributed by atoms with Crippen LogP contribution in [0.5, 0.6) is 17.2 Å². The monoisotopic (exact) mass is 742 g/mol. The summed E-state index contributed by atoms with van der Waals surface area (Å²) in [5.41, 5.74) is -0.584. The lowest BCUT2D eigenvalue weighted by Crippen LogP contribution is -2.23. The van der Waals surface area contributed by atoms with E-state index < -0.39 is 0 Å². The molecule has 0 atom stereocenters. The molecule has 0 aromatic heterocycles. The topological polar surface area (TPSA) is 27.7 Å². The van der Waals surface area contributed by atoms with Gasteiger partial charge in [-0.25, -0.2) is 0 Å². The van der Waals surface area contributed by atoms with E-state index in [-0.39, 0.29) is 38.6 Å². The molecule has 0 bridgehead atoms. The summed E-state index contributed by atoms with van der Waals surface area (Å²) in [5, 5.41) is 0. The van der Waals surface area contributed by atoms with E-state index in [1.165, 1.54) is 29.4 Å². The van der Waals surface area contributed by atoms with E-state index in [4.69, 9.17) is 14.2 Å². The molecule has 0 aliphatic heterocycles. The lowest BCUT2D eigenvalue weighted by Gasteiger charge is -2.21. The highest BCUT2D eigenvalue weighted by Gasteiger charge is 2.30. The maximum absolute atomic E-state index is 6.00. The standard InChI is InChI=1S/C26H31O2S.C22H23OS/c1-25(2,3)27-20-12-16-23(17-13-20)29(22-10-8-7-9-11-22)24-18-14-21(15-19-24)28-26(4,5)6;1-22(2,3)23-18-14-16-21(17-15-18)24(19-10-6-4-7-11-19)20-12-8-5-9-13-20/h7-19H,1-6H3;4-17H,1-3H3/q2*+1. The average molecular weight is 743 g/mol. The first-order valence-electron chi connectivity index (χ1n) is 18.1. The molecule has 0 saturated carbocycles. The van der Waals surface area contributed by atoms with Crippen LogP contribution in [-0.4, -0.2) is 16.8 Å². The molecule has 0 heterocycles. The zero-order valence-corrected chi connectivity index (χ0v) is 34.3. The van der Waals surface area contributed by atoms with Gasteiger partial charge in [-0.1, -0.05) is 54.6 Å². The van der Waals surface area contributed by atoms with Crippen molar-refractivity contribution in [3.63, 3.8) is 0 Å². The summed E-state index contributed by atoms with van der Waals surface area (Å²) < 4.78 is 17.9. The Morgan fingerprint density at radius 3 is 0.642 bits per heavy atom. The van der Waals surface area contributed by atoms with Gasteiger partial charge in [-0.15, -0.1) is 0 Å². The van der Waals surface area contributed by atoms with Crippen LogP contribution >= 0.6 is 0 Å². The molecule has 0 unspecified atom stereocenters. The van der Waals surface area contributed by atoms with Crippen LogP contribution in [-0.2, 0) is 21.8 Å². The molecule has 5 heteroatoms.